The highest BCUT2D eigenvalue weighted by molar-refractivity contribution is 5.77. The van der Waals surface area contributed by atoms with E-state index in [0.29, 0.717) is 18.9 Å². The Balaban J connectivity index is 2.21. The largest absolute Gasteiger partial charge is 0.492 e. The van der Waals surface area contributed by atoms with E-state index in [4.69, 9.17) is 19.6 Å². The van der Waals surface area contributed by atoms with Gasteiger partial charge in [0.2, 0.25) is 0 Å². The van der Waals surface area contributed by atoms with Gasteiger partial charge in [-0.3, -0.25) is 0 Å². The molecule has 2 N–H and O–H groups in total. The number of ether oxygens (including phenoxy) is 2. The van der Waals surface area contributed by atoms with Crippen LogP contribution in [0.5, 0.6) is 5.75 Å². The molecule has 0 saturated heterocycles. The number of rotatable bonds is 2. The summed E-state index contributed by atoms with van der Waals surface area (Å²) in [7, 11) is 1.65. The van der Waals surface area contributed by atoms with E-state index < -0.39 is 0 Å². The Morgan fingerprint density at radius 2 is 2.17 bits per heavy atom. The molecule has 94 valence electrons. The number of furan rings is 1. The second-order valence-electron chi connectivity index (χ2n) is 4.30. The van der Waals surface area contributed by atoms with E-state index in [0.717, 1.165) is 34.6 Å². The van der Waals surface area contributed by atoms with Gasteiger partial charge in [0.05, 0.1) is 19.5 Å². The van der Waals surface area contributed by atoms with Crippen LogP contribution in [0.3, 0.4) is 0 Å². The summed E-state index contributed by atoms with van der Waals surface area (Å²) in [5.41, 5.74) is 9.71. The van der Waals surface area contributed by atoms with Crippen LogP contribution in [-0.4, -0.2) is 13.7 Å². The number of methoxy groups -OCH3 is 1. The maximum Gasteiger partial charge on any atom is 0.134 e. The van der Waals surface area contributed by atoms with Crippen LogP contribution in [0.2, 0.25) is 0 Å². The van der Waals surface area contributed by atoms with Gasteiger partial charge >= 0.3 is 0 Å². The summed E-state index contributed by atoms with van der Waals surface area (Å²) in [5, 5.41) is 0. The molecule has 0 bridgehead atoms. The van der Waals surface area contributed by atoms with Crippen molar-refractivity contribution in [2.24, 2.45) is 0 Å². The Hall–Kier alpha value is -1.94. The molecule has 0 saturated carbocycles. The Morgan fingerprint density at radius 1 is 1.28 bits per heavy atom. The number of fused-ring (bicyclic) bond motifs is 3. The van der Waals surface area contributed by atoms with Gasteiger partial charge in [-0.1, -0.05) is 0 Å². The van der Waals surface area contributed by atoms with Gasteiger partial charge in [0, 0.05) is 35.9 Å². The summed E-state index contributed by atoms with van der Waals surface area (Å²) in [5.74, 6) is 1.78. The van der Waals surface area contributed by atoms with Crippen LogP contribution in [-0.2, 0) is 17.8 Å². The van der Waals surface area contributed by atoms with Crippen LogP contribution in [0.15, 0.2) is 28.9 Å². The lowest BCUT2D eigenvalue weighted by Gasteiger charge is -2.14. The molecule has 4 nitrogen and oxygen atoms in total. The van der Waals surface area contributed by atoms with Crippen molar-refractivity contribution in [1.29, 1.82) is 0 Å². The molecule has 18 heavy (non-hydrogen) atoms. The third-order valence-electron chi connectivity index (χ3n) is 3.20. The zero-order valence-corrected chi connectivity index (χ0v) is 10.2. The highest BCUT2D eigenvalue weighted by Crippen LogP contribution is 2.40. The van der Waals surface area contributed by atoms with E-state index in [-0.39, 0.29) is 0 Å². The molecule has 1 aliphatic rings. The van der Waals surface area contributed by atoms with Crippen molar-refractivity contribution < 1.29 is 13.9 Å². The Kier molecular flexibility index (Phi) is 2.72. The van der Waals surface area contributed by atoms with E-state index in [9.17, 15) is 0 Å². The summed E-state index contributed by atoms with van der Waals surface area (Å²) < 4.78 is 16.5. The molecule has 3 rings (SSSR count). The fraction of sp³-hybridized carbons (Fsp3) is 0.286. The molecular formula is C14H15NO3. The minimum Gasteiger partial charge on any atom is -0.492 e. The van der Waals surface area contributed by atoms with Crippen molar-refractivity contribution in [3.63, 3.8) is 0 Å². The van der Waals surface area contributed by atoms with Gasteiger partial charge in [-0.15, -0.1) is 0 Å². The van der Waals surface area contributed by atoms with Crippen LogP contribution in [0, 0.1) is 0 Å². The predicted octanol–water partition coefficient (Wildman–Crippen LogP) is 2.61. The van der Waals surface area contributed by atoms with Gasteiger partial charge in [-0.25, -0.2) is 0 Å². The first-order valence-corrected chi connectivity index (χ1v) is 5.91. The van der Waals surface area contributed by atoms with Crippen LogP contribution >= 0.6 is 0 Å². The first kappa shape index (κ1) is 11.2. The average Bonchev–Trinajstić information content (AvgIpc) is 2.75. The van der Waals surface area contributed by atoms with Gasteiger partial charge in [-0.05, 0) is 18.2 Å². The summed E-state index contributed by atoms with van der Waals surface area (Å²) in [6, 6.07) is 5.83. The molecule has 4 heteroatoms. The van der Waals surface area contributed by atoms with Crippen molar-refractivity contribution in [2.45, 2.75) is 13.0 Å². The number of benzene rings is 1. The smallest absolute Gasteiger partial charge is 0.134 e. The first-order valence-electron chi connectivity index (χ1n) is 5.91. The maximum absolute atomic E-state index is 5.99. The average molecular weight is 245 g/mol. The number of nitrogens with two attached hydrogens (primary N) is 1. The standard InChI is InChI=1S/C14H15NO3/c1-16-8-11-12(15)3-2-10-9-4-6-17-13(9)5-7-18-14(10)11/h2-4,6H,5,7-8,15H2,1H3. The lowest BCUT2D eigenvalue weighted by Crippen LogP contribution is -2.04. The molecule has 0 spiro atoms. The lowest BCUT2D eigenvalue weighted by molar-refractivity contribution is 0.180. The molecule has 0 fully saturated rings. The molecule has 1 aromatic carbocycles. The van der Waals surface area contributed by atoms with E-state index in [1.54, 1.807) is 13.4 Å². The normalized spacial score (nSPS) is 13.4. The molecule has 0 unspecified atom stereocenters. The number of anilines is 1. The van der Waals surface area contributed by atoms with Crippen LogP contribution in [0.4, 0.5) is 5.69 Å². The van der Waals surface area contributed by atoms with E-state index in [2.05, 4.69) is 0 Å². The number of nitrogen functional groups attached to an aromatic ring is 1. The summed E-state index contributed by atoms with van der Waals surface area (Å²) in [4.78, 5) is 0. The van der Waals surface area contributed by atoms with Crippen LogP contribution in [0.1, 0.15) is 11.3 Å². The van der Waals surface area contributed by atoms with Gasteiger partial charge in [0.25, 0.3) is 0 Å². The second-order valence-corrected chi connectivity index (χ2v) is 4.30. The van der Waals surface area contributed by atoms with E-state index in [1.807, 2.05) is 18.2 Å². The molecule has 0 amide bonds. The molecule has 0 atom stereocenters. The summed E-state index contributed by atoms with van der Waals surface area (Å²) in [6.45, 7) is 1.04. The zero-order chi connectivity index (χ0) is 12.5. The van der Waals surface area contributed by atoms with Crippen molar-refractivity contribution in [1.82, 2.24) is 0 Å². The molecule has 1 aromatic heterocycles. The third kappa shape index (κ3) is 1.66. The Labute approximate surface area is 105 Å². The monoisotopic (exact) mass is 245 g/mol. The zero-order valence-electron chi connectivity index (χ0n) is 10.2. The predicted molar refractivity (Wildman–Crippen MR) is 68.5 cm³/mol. The molecular weight excluding hydrogens is 230 g/mol. The second kappa shape index (κ2) is 4.38. The van der Waals surface area contributed by atoms with Gasteiger partial charge < -0.3 is 19.6 Å². The molecule has 0 aliphatic carbocycles. The van der Waals surface area contributed by atoms with Gasteiger partial charge in [-0.2, -0.15) is 0 Å². The fourth-order valence-corrected chi connectivity index (χ4v) is 2.33. The molecule has 2 aromatic rings. The Morgan fingerprint density at radius 3 is 3.00 bits per heavy atom. The Bertz CT molecular complexity index is 574. The number of hydrogen-bond donors (Lipinski definition) is 1. The van der Waals surface area contributed by atoms with Gasteiger partial charge in [0.15, 0.2) is 0 Å². The van der Waals surface area contributed by atoms with Crippen molar-refractivity contribution in [3.8, 4) is 16.9 Å². The van der Waals surface area contributed by atoms with Crippen molar-refractivity contribution >= 4 is 5.69 Å². The minimum absolute atomic E-state index is 0.447. The van der Waals surface area contributed by atoms with Gasteiger partial charge in [0.1, 0.15) is 11.5 Å². The lowest BCUT2D eigenvalue weighted by atomic mass is 10.0. The molecule has 1 aliphatic heterocycles. The van der Waals surface area contributed by atoms with E-state index in [1.165, 1.54) is 0 Å². The number of hydrogen-bond acceptors (Lipinski definition) is 4. The molecule has 2 heterocycles. The topological polar surface area (TPSA) is 57.6 Å². The van der Waals surface area contributed by atoms with E-state index >= 15 is 0 Å². The van der Waals surface area contributed by atoms with Crippen molar-refractivity contribution in [2.75, 3.05) is 19.5 Å². The summed E-state index contributed by atoms with van der Waals surface area (Å²) >= 11 is 0. The van der Waals surface area contributed by atoms with Crippen molar-refractivity contribution in [3.05, 3.63) is 35.8 Å². The minimum atomic E-state index is 0.447. The molecule has 0 radical (unpaired) electrons. The maximum atomic E-state index is 5.99. The van der Waals surface area contributed by atoms with Crippen LogP contribution in [0.25, 0.3) is 11.1 Å². The highest BCUT2D eigenvalue weighted by Gasteiger charge is 2.21. The first-order chi connectivity index (χ1) is 8.81. The van der Waals surface area contributed by atoms with Crippen LogP contribution < -0.4 is 10.5 Å². The summed E-state index contributed by atoms with van der Waals surface area (Å²) in [6.07, 6.45) is 2.48. The third-order valence-corrected chi connectivity index (χ3v) is 3.20. The quantitative estimate of drug-likeness (QED) is 0.826. The fourth-order valence-electron chi connectivity index (χ4n) is 2.33. The SMILES string of the molecule is COCc1c(N)ccc2c1OCCc1occc1-2. The highest BCUT2D eigenvalue weighted by atomic mass is 16.5.